The minimum Gasteiger partial charge on any atom is -0.480 e. The molecule has 1 saturated carbocycles. The molecule has 0 aliphatic heterocycles. The van der Waals surface area contributed by atoms with E-state index in [-0.39, 0.29) is 12.5 Å². The molecule has 0 heterocycles. The quantitative estimate of drug-likeness (QED) is 0.667. The topological polar surface area (TPSA) is 78.4 Å². The molecule has 0 bridgehead atoms. The van der Waals surface area contributed by atoms with Crippen LogP contribution in [0.1, 0.15) is 32.1 Å². The molecule has 5 nitrogen and oxygen atoms in total. The van der Waals surface area contributed by atoms with Crippen molar-refractivity contribution < 1.29 is 14.7 Å². The normalized spacial score (nSPS) is 24.0. The van der Waals surface area contributed by atoms with E-state index in [1.807, 2.05) is 11.8 Å². The van der Waals surface area contributed by atoms with Crippen molar-refractivity contribution in [3.63, 3.8) is 0 Å². The summed E-state index contributed by atoms with van der Waals surface area (Å²) in [5, 5.41) is 14.8. The number of rotatable bonds is 5. The highest BCUT2D eigenvalue weighted by Gasteiger charge is 2.24. The average Bonchev–Trinajstić information content (AvgIpc) is 2.39. The molecule has 1 fully saturated rings. The van der Waals surface area contributed by atoms with Gasteiger partial charge in [-0.2, -0.15) is 11.8 Å². The van der Waals surface area contributed by atoms with Gasteiger partial charge in [0.25, 0.3) is 0 Å². The first kappa shape index (κ1) is 15.7. The van der Waals surface area contributed by atoms with Crippen molar-refractivity contribution in [3.8, 4) is 12.3 Å². The number of carbonyl (C=O) groups is 2. The van der Waals surface area contributed by atoms with Crippen molar-refractivity contribution >= 4 is 23.8 Å². The van der Waals surface area contributed by atoms with Gasteiger partial charge in [-0.05, 0) is 31.9 Å². The van der Waals surface area contributed by atoms with Crippen LogP contribution in [0, 0.1) is 12.3 Å². The third-order valence-electron chi connectivity index (χ3n) is 3.27. The Labute approximate surface area is 117 Å². The number of urea groups is 1. The number of terminal acetylenes is 1. The van der Waals surface area contributed by atoms with Gasteiger partial charge in [0.1, 0.15) is 6.04 Å². The number of carboxylic acids is 1. The van der Waals surface area contributed by atoms with Gasteiger partial charge in [-0.3, -0.25) is 0 Å². The SMILES string of the molecule is C#CCC(NC(=O)NC1CCC(SC)CC1)C(=O)O. The van der Waals surface area contributed by atoms with Gasteiger partial charge in [-0.15, -0.1) is 12.3 Å². The zero-order valence-corrected chi connectivity index (χ0v) is 11.8. The maximum absolute atomic E-state index is 11.7. The summed E-state index contributed by atoms with van der Waals surface area (Å²) in [6.45, 7) is 0. The zero-order valence-electron chi connectivity index (χ0n) is 11.0. The van der Waals surface area contributed by atoms with Gasteiger partial charge in [0, 0.05) is 17.7 Å². The molecule has 0 aromatic carbocycles. The van der Waals surface area contributed by atoms with Crippen LogP contribution in [0.25, 0.3) is 0 Å². The van der Waals surface area contributed by atoms with E-state index in [2.05, 4.69) is 22.8 Å². The van der Waals surface area contributed by atoms with Crippen LogP contribution in [0.5, 0.6) is 0 Å². The highest BCUT2D eigenvalue weighted by Crippen LogP contribution is 2.26. The summed E-state index contributed by atoms with van der Waals surface area (Å²) in [4.78, 5) is 22.6. The third kappa shape index (κ3) is 5.43. The number of carboxylic acid groups (broad SMARTS) is 1. The Balaban J connectivity index is 2.35. The van der Waals surface area contributed by atoms with E-state index >= 15 is 0 Å². The first-order chi connectivity index (χ1) is 9.06. The van der Waals surface area contributed by atoms with E-state index in [9.17, 15) is 9.59 Å². The molecule has 1 atom stereocenters. The Morgan fingerprint density at radius 1 is 1.42 bits per heavy atom. The smallest absolute Gasteiger partial charge is 0.327 e. The Hall–Kier alpha value is -1.35. The molecule has 1 aliphatic carbocycles. The van der Waals surface area contributed by atoms with Crippen molar-refractivity contribution in [2.75, 3.05) is 6.26 Å². The molecule has 0 saturated heterocycles. The number of aliphatic carboxylic acids is 1. The summed E-state index contributed by atoms with van der Waals surface area (Å²) >= 11 is 1.86. The maximum atomic E-state index is 11.7. The molecule has 106 valence electrons. The molecule has 0 spiro atoms. The summed E-state index contributed by atoms with van der Waals surface area (Å²) in [6.07, 6.45) is 11.2. The number of hydrogen-bond donors (Lipinski definition) is 3. The lowest BCUT2D eigenvalue weighted by Gasteiger charge is -2.28. The van der Waals surface area contributed by atoms with Crippen LogP contribution in [-0.4, -0.2) is 40.7 Å². The molecule has 1 rings (SSSR count). The largest absolute Gasteiger partial charge is 0.480 e. The molecular weight excluding hydrogens is 264 g/mol. The fraction of sp³-hybridized carbons (Fsp3) is 0.692. The minimum absolute atomic E-state index is 0.0119. The Bertz CT molecular complexity index is 359. The fourth-order valence-electron chi connectivity index (χ4n) is 2.15. The molecule has 19 heavy (non-hydrogen) atoms. The van der Waals surface area contributed by atoms with Gasteiger partial charge < -0.3 is 15.7 Å². The first-order valence-corrected chi connectivity index (χ1v) is 7.61. The molecule has 3 N–H and O–H groups in total. The molecule has 6 heteroatoms. The Morgan fingerprint density at radius 2 is 2.05 bits per heavy atom. The summed E-state index contributed by atoms with van der Waals surface area (Å²) in [5.74, 6) is 1.13. The Kier molecular flexibility index (Phi) is 6.57. The zero-order chi connectivity index (χ0) is 14.3. The lowest BCUT2D eigenvalue weighted by Crippen LogP contribution is -2.49. The summed E-state index contributed by atoms with van der Waals surface area (Å²) < 4.78 is 0. The highest BCUT2D eigenvalue weighted by molar-refractivity contribution is 7.99. The molecule has 0 aromatic rings. The lowest BCUT2D eigenvalue weighted by atomic mass is 9.95. The van der Waals surface area contributed by atoms with E-state index in [0.29, 0.717) is 5.25 Å². The monoisotopic (exact) mass is 284 g/mol. The van der Waals surface area contributed by atoms with E-state index in [4.69, 9.17) is 11.5 Å². The van der Waals surface area contributed by atoms with Crippen molar-refractivity contribution in [1.82, 2.24) is 10.6 Å². The lowest BCUT2D eigenvalue weighted by molar-refractivity contribution is -0.139. The number of carbonyl (C=O) groups excluding carboxylic acids is 1. The summed E-state index contributed by atoms with van der Waals surface area (Å²) in [5.41, 5.74) is 0. The second kappa shape index (κ2) is 7.95. The first-order valence-electron chi connectivity index (χ1n) is 6.33. The highest BCUT2D eigenvalue weighted by atomic mass is 32.2. The van der Waals surface area contributed by atoms with E-state index in [1.165, 1.54) is 0 Å². The summed E-state index contributed by atoms with van der Waals surface area (Å²) in [7, 11) is 0. The van der Waals surface area contributed by atoms with Crippen LogP contribution in [0.2, 0.25) is 0 Å². The van der Waals surface area contributed by atoms with Gasteiger partial charge in [0.05, 0.1) is 0 Å². The molecule has 1 aliphatic rings. The second-order valence-corrected chi connectivity index (χ2v) is 5.76. The van der Waals surface area contributed by atoms with Gasteiger partial charge in [0.15, 0.2) is 0 Å². The van der Waals surface area contributed by atoms with Crippen LogP contribution in [0.3, 0.4) is 0 Å². The third-order valence-corrected chi connectivity index (χ3v) is 4.41. The van der Waals surface area contributed by atoms with Crippen molar-refractivity contribution in [1.29, 1.82) is 0 Å². The van der Waals surface area contributed by atoms with E-state index in [0.717, 1.165) is 25.7 Å². The van der Waals surface area contributed by atoms with Crippen LogP contribution >= 0.6 is 11.8 Å². The maximum Gasteiger partial charge on any atom is 0.327 e. The van der Waals surface area contributed by atoms with E-state index in [1.54, 1.807) is 0 Å². The number of nitrogens with one attached hydrogen (secondary N) is 2. The van der Waals surface area contributed by atoms with Crippen molar-refractivity contribution in [2.24, 2.45) is 0 Å². The van der Waals surface area contributed by atoms with Crippen LogP contribution in [0.15, 0.2) is 0 Å². The predicted octanol–water partition coefficient (Wildman–Crippen LogP) is 1.44. The molecular formula is C13H20N2O3S. The average molecular weight is 284 g/mol. The molecule has 0 radical (unpaired) electrons. The molecule has 2 amide bonds. The van der Waals surface area contributed by atoms with Crippen molar-refractivity contribution in [2.45, 2.75) is 49.4 Å². The van der Waals surface area contributed by atoms with Crippen LogP contribution in [0.4, 0.5) is 4.79 Å². The summed E-state index contributed by atoms with van der Waals surface area (Å²) in [6, 6.07) is -1.34. The standard InChI is InChI=1S/C13H20N2O3S/c1-3-4-11(12(16)17)15-13(18)14-9-5-7-10(19-2)8-6-9/h1,9-11H,4-8H2,2H3,(H,16,17)(H2,14,15,18). The van der Waals surface area contributed by atoms with E-state index < -0.39 is 18.0 Å². The van der Waals surface area contributed by atoms with Crippen LogP contribution < -0.4 is 10.6 Å². The van der Waals surface area contributed by atoms with Gasteiger partial charge in [0.2, 0.25) is 0 Å². The van der Waals surface area contributed by atoms with Gasteiger partial charge in [-0.1, -0.05) is 0 Å². The molecule has 0 aromatic heterocycles. The second-order valence-electron chi connectivity index (χ2n) is 4.63. The van der Waals surface area contributed by atoms with Gasteiger partial charge >= 0.3 is 12.0 Å². The number of amides is 2. The predicted molar refractivity (Wildman–Crippen MR) is 76.1 cm³/mol. The van der Waals surface area contributed by atoms with Crippen molar-refractivity contribution in [3.05, 3.63) is 0 Å². The number of thioether (sulfide) groups is 1. The fourth-order valence-corrected chi connectivity index (χ4v) is 2.89. The van der Waals surface area contributed by atoms with Crippen LogP contribution in [-0.2, 0) is 4.79 Å². The molecule has 1 unspecified atom stereocenters. The minimum atomic E-state index is -1.11. The van der Waals surface area contributed by atoms with Gasteiger partial charge in [-0.25, -0.2) is 9.59 Å². The number of hydrogen-bond acceptors (Lipinski definition) is 3. The Morgan fingerprint density at radius 3 is 2.53 bits per heavy atom.